The summed E-state index contributed by atoms with van der Waals surface area (Å²) >= 11 is 0. The van der Waals surface area contributed by atoms with Crippen LogP contribution in [0.25, 0.3) is 0 Å². The number of aryl methyl sites for hydroxylation is 1. The Morgan fingerprint density at radius 2 is 1.83 bits per heavy atom. The standard InChI is InChI=1S/C19H28FN3O/c1-14-2-8-18(9-5-15-3-6-16(20)7-4-15)23(14)19(24)22-12-10-17(21)11-13-22/h3-4,6-7,14,17-18H,2,5,8-13,21H2,1H3/t14-,18-/m1/s1. The van der Waals surface area contributed by atoms with E-state index >= 15 is 0 Å². The first kappa shape index (κ1) is 17.2. The topological polar surface area (TPSA) is 49.6 Å². The number of urea groups is 1. The van der Waals surface area contributed by atoms with Crippen LogP contribution in [0.1, 0.15) is 44.6 Å². The fraction of sp³-hybridized carbons (Fsp3) is 0.632. The molecule has 2 N–H and O–H groups in total. The molecule has 0 spiro atoms. The second-order valence-corrected chi connectivity index (χ2v) is 7.26. The first-order valence-electron chi connectivity index (χ1n) is 9.12. The van der Waals surface area contributed by atoms with Gasteiger partial charge < -0.3 is 15.5 Å². The largest absolute Gasteiger partial charge is 0.328 e. The predicted molar refractivity (Wildman–Crippen MR) is 93.2 cm³/mol. The molecule has 1 aromatic rings. The Morgan fingerprint density at radius 1 is 1.17 bits per heavy atom. The van der Waals surface area contributed by atoms with Crippen LogP contribution >= 0.6 is 0 Å². The van der Waals surface area contributed by atoms with Gasteiger partial charge in [-0.2, -0.15) is 0 Å². The van der Waals surface area contributed by atoms with Gasteiger partial charge in [0.25, 0.3) is 0 Å². The van der Waals surface area contributed by atoms with E-state index in [-0.39, 0.29) is 23.9 Å². The minimum Gasteiger partial charge on any atom is -0.328 e. The molecule has 2 atom stereocenters. The average molecular weight is 333 g/mol. The van der Waals surface area contributed by atoms with Gasteiger partial charge in [-0.3, -0.25) is 0 Å². The number of rotatable bonds is 3. The summed E-state index contributed by atoms with van der Waals surface area (Å²) < 4.78 is 13.0. The van der Waals surface area contributed by atoms with E-state index in [1.54, 1.807) is 0 Å². The van der Waals surface area contributed by atoms with Gasteiger partial charge in [-0.1, -0.05) is 12.1 Å². The van der Waals surface area contributed by atoms with Crippen molar-refractivity contribution in [3.8, 4) is 0 Å². The summed E-state index contributed by atoms with van der Waals surface area (Å²) in [5.41, 5.74) is 7.08. The molecular formula is C19H28FN3O. The number of amides is 2. The maximum absolute atomic E-state index is 13.0. The van der Waals surface area contributed by atoms with Gasteiger partial charge in [0, 0.05) is 31.2 Å². The highest BCUT2D eigenvalue weighted by atomic mass is 19.1. The molecule has 2 aliphatic heterocycles. The number of nitrogens with zero attached hydrogens (tertiary/aromatic N) is 2. The SMILES string of the molecule is C[C@@H]1CC[C@H](CCc2ccc(F)cc2)N1C(=O)N1CCC(N)CC1. The summed E-state index contributed by atoms with van der Waals surface area (Å²) in [4.78, 5) is 17.0. The number of carbonyl (C=O) groups is 1. The number of halogens is 1. The lowest BCUT2D eigenvalue weighted by Crippen LogP contribution is -2.52. The highest BCUT2D eigenvalue weighted by Crippen LogP contribution is 2.29. The summed E-state index contributed by atoms with van der Waals surface area (Å²) in [6, 6.07) is 7.69. The predicted octanol–water partition coefficient (Wildman–Crippen LogP) is 3.15. The molecule has 0 unspecified atom stereocenters. The highest BCUT2D eigenvalue weighted by molar-refractivity contribution is 5.75. The number of likely N-dealkylation sites (tertiary alicyclic amines) is 2. The molecule has 2 fully saturated rings. The Bertz CT molecular complexity index is 554. The van der Waals surface area contributed by atoms with Crippen molar-refractivity contribution in [3.63, 3.8) is 0 Å². The van der Waals surface area contributed by atoms with Crippen molar-refractivity contribution in [2.24, 2.45) is 5.73 Å². The fourth-order valence-corrected chi connectivity index (χ4v) is 3.94. The van der Waals surface area contributed by atoms with E-state index in [1.807, 2.05) is 17.0 Å². The van der Waals surface area contributed by atoms with Gasteiger partial charge in [-0.15, -0.1) is 0 Å². The summed E-state index contributed by atoms with van der Waals surface area (Å²) in [6.07, 6.45) is 5.73. The zero-order valence-electron chi connectivity index (χ0n) is 14.5. The quantitative estimate of drug-likeness (QED) is 0.924. The molecule has 3 rings (SSSR count). The lowest BCUT2D eigenvalue weighted by molar-refractivity contribution is 0.121. The number of carbonyl (C=O) groups excluding carboxylic acids is 1. The van der Waals surface area contributed by atoms with Crippen LogP contribution in [0, 0.1) is 5.82 Å². The Hall–Kier alpha value is -1.62. The van der Waals surface area contributed by atoms with E-state index in [1.165, 1.54) is 12.1 Å². The number of benzene rings is 1. The molecule has 132 valence electrons. The molecule has 24 heavy (non-hydrogen) atoms. The molecule has 0 radical (unpaired) electrons. The van der Waals surface area contributed by atoms with Crippen molar-refractivity contribution >= 4 is 6.03 Å². The second kappa shape index (κ2) is 7.51. The van der Waals surface area contributed by atoms with E-state index in [9.17, 15) is 9.18 Å². The molecular weight excluding hydrogens is 305 g/mol. The summed E-state index contributed by atoms with van der Waals surface area (Å²) in [6.45, 7) is 3.69. The van der Waals surface area contributed by atoms with Crippen molar-refractivity contribution < 1.29 is 9.18 Å². The number of hydrogen-bond donors (Lipinski definition) is 1. The average Bonchev–Trinajstić information content (AvgIpc) is 2.95. The van der Waals surface area contributed by atoms with Gasteiger partial charge in [-0.25, -0.2) is 9.18 Å². The third-order valence-corrected chi connectivity index (χ3v) is 5.50. The Labute approximate surface area is 143 Å². The minimum absolute atomic E-state index is 0.177. The van der Waals surface area contributed by atoms with Gasteiger partial charge in [0.2, 0.25) is 0 Å². The van der Waals surface area contributed by atoms with Crippen LogP contribution in [0.5, 0.6) is 0 Å². The summed E-state index contributed by atoms with van der Waals surface area (Å²) in [7, 11) is 0. The molecule has 0 aliphatic carbocycles. The molecule has 5 heteroatoms. The van der Waals surface area contributed by atoms with Crippen molar-refractivity contribution in [3.05, 3.63) is 35.6 Å². The molecule has 2 aliphatic rings. The molecule has 2 amide bonds. The van der Waals surface area contributed by atoms with Crippen LogP contribution in [-0.4, -0.2) is 47.0 Å². The van der Waals surface area contributed by atoms with Crippen LogP contribution in [0.4, 0.5) is 9.18 Å². The third kappa shape index (κ3) is 3.89. The van der Waals surface area contributed by atoms with Crippen molar-refractivity contribution in [2.45, 2.75) is 63.6 Å². The Morgan fingerprint density at radius 3 is 2.50 bits per heavy atom. The van der Waals surface area contributed by atoms with Gasteiger partial charge >= 0.3 is 6.03 Å². The molecule has 0 bridgehead atoms. The number of piperidine rings is 1. The molecule has 4 nitrogen and oxygen atoms in total. The minimum atomic E-state index is -0.201. The van der Waals surface area contributed by atoms with E-state index in [0.29, 0.717) is 6.04 Å². The molecule has 1 aromatic carbocycles. The molecule has 0 aromatic heterocycles. The number of nitrogens with two attached hydrogens (primary N) is 1. The molecule has 0 saturated carbocycles. The van der Waals surface area contributed by atoms with Gasteiger partial charge in [0.15, 0.2) is 0 Å². The third-order valence-electron chi connectivity index (χ3n) is 5.50. The zero-order valence-corrected chi connectivity index (χ0v) is 14.5. The normalized spacial score (nSPS) is 25.3. The lowest BCUT2D eigenvalue weighted by Gasteiger charge is -2.37. The van der Waals surface area contributed by atoms with Gasteiger partial charge in [0.05, 0.1) is 0 Å². The van der Waals surface area contributed by atoms with Gasteiger partial charge in [0.1, 0.15) is 5.82 Å². The second-order valence-electron chi connectivity index (χ2n) is 7.26. The van der Waals surface area contributed by atoms with E-state index in [4.69, 9.17) is 5.73 Å². The van der Waals surface area contributed by atoms with Crippen LogP contribution in [-0.2, 0) is 6.42 Å². The highest BCUT2D eigenvalue weighted by Gasteiger charge is 2.37. The van der Waals surface area contributed by atoms with Crippen LogP contribution in [0.15, 0.2) is 24.3 Å². The van der Waals surface area contributed by atoms with E-state index in [0.717, 1.165) is 57.2 Å². The van der Waals surface area contributed by atoms with Crippen molar-refractivity contribution in [1.82, 2.24) is 9.80 Å². The molecule has 2 heterocycles. The van der Waals surface area contributed by atoms with E-state index in [2.05, 4.69) is 11.8 Å². The van der Waals surface area contributed by atoms with Crippen molar-refractivity contribution in [1.29, 1.82) is 0 Å². The smallest absolute Gasteiger partial charge is 0.320 e. The van der Waals surface area contributed by atoms with Crippen LogP contribution < -0.4 is 5.73 Å². The summed E-state index contributed by atoms with van der Waals surface area (Å²) in [5, 5.41) is 0. The lowest BCUT2D eigenvalue weighted by atomic mass is 10.0. The van der Waals surface area contributed by atoms with Crippen molar-refractivity contribution in [2.75, 3.05) is 13.1 Å². The fourth-order valence-electron chi connectivity index (χ4n) is 3.94. The Balaban J connectivity index is 1.60. The van der Waals surface area contributed by atoms with Gasteiger partial charge in [-0.05, 0) is 63.1 Å². The monoisotopic (exact) mass is 333 g/mol. The maximum Gasteiger partial charge on any atom is 0.320 e. The zero-order chi connectivity index (χ0) is 17.1. The maximum atomic E-state index is 13.0. The number of hydrogen-bond acceptors (Lipinski definition) is 2. The van der Waals surface area contributed by atoms with Crippen LogP contribution in [0.3, 0.4) is 0 Å². The first-order valence-corrected chi connectivity index (χ1v) is 9.12. The Kier molecular flexibility index (Phi) is 5.39. The van der Waals surface area contributed by atoms with E-state index < -0.39 is 0 Å². The van der Waals surface area contributed by atoms with Crippen LogP contribution in [0.2, 0.25) is 0 Å². The summed E-state index contributed by atoms with van der Waals surface area (Å²) in [5.74, 6) is -0.201. The first-order chi connectivity index (χ1) is 11.5. The molecule has 2 saturated heterocycles.